The van der Waals surface area contributed by atoms with E-state index >= 15 is 0 Å². The Labute approximate surface area is 112 Å². The predicted molar refractivity (Wildman–Crippen MR) is 72.0 cm³/mol. The summed E-state index contributed by atoms with van der Waals surface area (Å²) in [5, 5.41) is 3.61. The molecule has 0 spiro atoms. The Balaban J connectivity index is 2.32. The van der Waals surface area contributed by atoms with Crippen LogP contribution in [0.15, 0.2) is 46.0 Å². The first kappa shape index (κ1) is 13.8. The lowest BCUT2D eigenvalue weighted by Gasteiger charge is -2.18. The zero-order valence-corrected chi connectivity index (χ0v) is 11.9. The number of hydrogen-bond donors (Lipinski definition) is 1. The van der Waals surface area contributed by atoms with E-state index in [0.29, 0.717) is 5.69 Å². The molecule has 0 aliphatic carbocycles. The number of hydrogen-bond acceptors (Lipinski definition) is 4. The van der Waals surface area contributed by atoms with Gasteiger partial charge < -0.3 is 4.52 Å². The second-order valence-corrected chi connectivity index (χ2v) is 6.87. The first-order valence-electron chi connectivity index (χ1n) is 5.84. The maximum absolute atomic E-state index is 12.0. The largest absolute Gasteiger partial charge is 0.343 e. The van der Waals surface area contributed by atoms with Gasteiger partial charge in [-0.2, -0.15) is 0 Å². The molecule has 102 valence electrons. The van der Waals surface area contributed by atoms with E-state index in [0.717, 1.165) is 5.56 Å². The summed E-state index contributed by atoms with van der Waals surface area (Å²) >= 11 is 0. The summed E-state index contributed by atoms with van der Waals surface area (Å²) in [5.41, 5.74) is 0.733. The van der Waals surface area contributed by atoms with Gasteiger partial charge >= 0.3 is 0 Å². The molecule has 19 heavy (non-hydrogen) atoms. The quantitative estimate of drug-likeness (QED) is 0.937. The Morgan fingerprint density at radius 3 is 2.37 bits per heavy atom. The van der Waals surface area contributed by atoms with Gasteiger partial charge in [-0.3, -0.25) is 0 Å². The Morgan fingerprint density at radius 2 is 1.79 bits per heavy atom. The fourth-order valence-electron chi connectivity index (χ4n) is 1.58. The molecule has 0 bridgehead atoms. The lowest BCUT2D eigenvalue weighted by atomic mass is 10.1. The molecule has 2 rings (SSSR count). The lowest BCUT2D eigenvalue weighted by Crippen LogP contribution is -2.40. The van der Waals surface area contributed by atoms with Crippen LogP contribution in [-0.4, -0.2) is 19.1 Å². The highest BCUT2D eigenvalue weighted by Gasteiger charge is 2.26. The smallest absolute Gasteiger partial charge is 0.277 e. The Bertz CT molecular complexity index is 655. The van der Waals surface area contributed by atoms with Crippen molar-refractivity contribution in [1.29, 1.82) is 0 Å². The molecule has 5 nitrogen and oxygen atoms in total. The van der Waals surface area contributed by atoms with E-state index < -0.39 is 15.6 Å². The number of aromatic nitrogens is 1. The Hall–Kier alpha value is -1.66. The van der Waals surface area contributed by atoms with Crippen LogP contribution in [0, 0.1) is 0 Å². The minimum absolute atomic E-state index is 0.179. The van der Waals surface area contributed by atoms with E-state index in [9.17, 15) is 8.42 Å². The molecule has 1 heterocycles. The number of sulfonamides is 1. The Kier molecular flexibility index (Phi) is 3.47. The molecule has 0 amide bonds. The highest BCUT2D eigenvalue weighted by atomic mass is 32.2. The van der Waals surface area contributed by atoms with E-state index in [1.54, 1.807) is 20.8 Å². The van der Waals surface area contributed by atoms with Crippen molar-refractivity contribution in [2.45, 2.75) is 31.4 Å². The summed E-state index contributed by atoms with van der Waals surface area (Å²) in [6.07, 6.45) is 0. The zero-order valence-electron chi connectivity index (χ0n) is 11.0. The molecule has 0 aliphatic heterocycles. The third kappa shape index (κ3) is 3.42. The van der Waals surface area contributed by atoms with Crippen LogP contribution in [0.4, 0.5) is 0 Å². The highest BCUT2D eigenvalue weighted by molar-refractivity contribution is 7.89. The van der Waals surface area contributed by atoms with Crippen LogP contribution in [0.25, 0.3) is 11.3 Å². The van der Waals surface area contributed by atoms with Crippen molar-refractivity contribution in [3.63, 3.8) is 0 Å². The van der Waals surface area contributed by atoms with Crippen LogP contribution in [0.3, 0.4) is 0 Å². The zero-order chi connectivity index (χ0) is 14.1. The summed E-state index contributed by atoms with van der Waals surface area (Å²) in [7, 11) is -3.68. The van der Waals surface area contributed by atoms with Crippen molar-refractivity contribution in [2.24, 2.45) is 0 Å². The number of rotatable bonds is 3. The van der Waals surface area contributed by atoms with E-state index in [4.69, 9.17) is 4.52 Å². The monoisotopic (exact) mass is 280 g/mol. The van der Waals surface area contributed by atoms with Gasteiger partial charge in [0.25, 0.3) is 15.1 Å². The molecule has 0 atom stereocenters. The van der Waals surface area contributed by atoms with Gasteiger partial charge in [0.05, 0.1) is 0 Å². The van der Waals surface area contributed by atoms with E-state index in [2.05, 4.69) is 9.88 Å². The van der Waals surface area contributed by atoms with Crippen LogP contribution < -0.4 is 4.72 Å². The van der Waals surface area contributed by atoms with Gasteiger partial charge in [-0.15, -0.1) is 0 Å². The third-order valence-corrected chi connectivity index (χ3v) is 3.87. The lowest BCUT2D eigenvalue weighted by molar-refractivity contribution is 0.335. The van der Waals surface area contributed by atoms with Crippen LogP contribution in [-0.2, 0) is 10.0 Å². The molecule has 0 aliphatic rings. The summed E-state index contributed by atoms with van der Waals surface area (Å²) in [4.78, 5) is 0. The van der Waals surface area contributed by atoms with Gasteiger partial charge in [0.1, 0.15) is 5.69 Å². The summed E-state index contributed by atoms with van der Waals surface area (Å²) in [5.74, 6) is 0. The topological polar surface area (TPSA) is 72.2 Å². The average Bonchev–Trinajstić information content (AvgIpc) is 2.77. The van der Waals surface area contributed by atoms with Crippen molar-refractivity contribution in [3.05, 3.63) is 36.4 Å². The van der Waals surface area contributed by atoms with Crippen molar-refractivity contribution in [2.75, 3.05) is 0 Å². The van der Waals surface area contributed by atoms with Crippen molar-refractivity contribution in [1.82, 2.24) is 9.88 Å². The minimum Gasteiger partial charge on any atom is -0.343 e. The fourth-order valence-corrected chi connectivity index (χ4v) is 2.89. The van der Waals surface area contributed by atoms with E-state index in [-0.39, 0.29) is 5.09 Å². The number of nitrogens with one attached hydrogen (secondary N) is 1. The van der Waals surface area contributed by atoms with Gasteiger partial charge in [0.15, 0.2) is 0 Å². The first-order chi connectivity index (χ1) is 8.78. The number of benzene rings is 1. The maximum atomic E-state index is 12.0. The fraction of sp³-hybridized carbons (Fsp3) is 0.308. The predicted octanol–water partition coefficient (Wildman–Crippen LogP) is 2.42. The summed E-state index contributed by atoms with van der Waals surface area (Å²) in [6, 6.07) is 10.7. The van der Waals surface area contributed by atoms with Crippen molar-refractivity contribution < 1.29 is 12.9 Å². The van der Waals surface area contributed by atoms with Gasteiger partial charge in [0, 0.05) is 17.2 Å². The highest BCUT2D eigenvalue weighted by Crippen LogP contribution is 2.21. The summed E-state index contributed by atoms with van der Waals surface area (Å²) < 4.78 is 31.5. The molecular weight excluding hydrogens is 264 g/mol. The third-order valence-electron chi connectivity index (χ3n) is 2.26. The van der Waals surface area contributed by atoms with Gasteiger partial charge in [0.2, 0.25) is 0 Å². The van der Waals surface area contributed by atoms with Crippen molar-refractivity contribution >= 4 is 10.0 Å². The molecule has 6 heteroatoms. The normalized spacial score (nSPS) is 12.6. The van der Waals surface area contributed by atoms with E-state index in [1.807, 2.05) is 30.3 Å². The molecule has 0 saturated heterocycles. The second-order valence-electron chi connectivity index (χ2n) is 5.25. The molecular formula is C13H16N2O3S. The molecule has 1 aromatic heterocycles. The van der Waals surface area contributed by atoms with Gasteiger partial charge in [-0.25, -0.2) is 13.1 Å². The molecule has 1 aromatic carbocycles. The van der Waals surface area contributed by atoms with Crippen LogP contribution in [0.5, 0.6) is 0 Å². The standard InChI is InChI=1S/C13H16N2O3S/c1-13(2,3)15-19(16,17)12-9-11(14-18-12)10-7-5-4-6-8-10/h4-9,15H,1-3H3. The van der Waals surface area contributed by atoms with Crippen LogP contribution in [0.2, 0.25) is 0 Å². The van der Waals surface area contributed by atoms with Gasteiger partial charge in [-0.1, -0.05) is 35.5 Å². The Morgan fingerprint density at radius 1 is 1.16 bits per heavy atom. The average molecular weight is 280 g/mol. The van der Waals surface area contributed by atoms with Gasteiger partial charge in [-0.05, 0) is 20.8 Å². The molecule has 0 unspecified atom stereocenters. The molecule has 0 fully saturated rings. The molecule has 0 radical (unpaired) electrons. The van der Waals surface area contributed by atoms with Crippen molar-refractivity contribution in [3.8, 4) is 11.3 Å². The van der Waals surface area contributed by atoms with E-state index in [1.165, 1.54) is 6.07 Å². The second kappa shape index (κ2) is 4.79. The molecule has 0 saturated carbocycles. The summed E-state index contributed by atoms with van der Waals surface area (Å²) in [6.45, 7) is 5.29. The molecule has 2 aromatic rings. The first-order valence-corrected chi connectivity index (χ1v) is 7.32. The number of nitrogens with zero attached hydrogens (tertiary/aromatic N) is 1. The maximum Gasteiger partial charge on any atom is 0.277 e. The van der Waals surface area contributed by atoms with Crippen LogP contribution >= 0.6 is 0 Å². The minimum atomic E-state index is -3.68. The molecule has 1 N–H and O–H groups in total. The van der Waals surface area contributed by atoms with Crippen LogP contribution in [0.1, 0.15) is 20.8 Å². The SMILES string of the molecule is CC(C)(C)NS(=O)(=O)c1cc(-c2ccccc2)no1.